The van der Waals surface area contributed by atoms with Crippen molar-refractivity contribution in [1.82, 2.24) is 5.43 Å². The Bertz CT molecular complexity index is 669. The Balaban J connectivity index is 2.02. The number of amides is 1. The van der Waals surface area contributed by atoms with Gasteiger partial charge in [-0.05, 0) is 48.0 Å². The Kier molecular flexibility index (Phi) is 4.50. The van der Waals surface area contributed by atoms with Crippen molar-refractivity contribution in [2.45, 2.75) is 0 Å². The zero-order valence-corrected chi connectivity index (χ0v) is 11.2. The molecule has 5 nitrogen and oxygen atoms in total. The Morgan fingerprint density at radius 3 is 2.67 bits per heavy atom. The first-order valence-electron chi connectivity index (χ1n) is 6.06. The molecule has 6 heteroatoms. The zero-order valence-electron chi connectivity index (χ0n) is 11.2. The minimum atomic E-state index is -0.447. The normalized spacial score (nSPS) is 10.6. The van der Waals surface area contributed by atoms with E-state index in [1.807, 2.05) is 0 Å². The van der Waals surface area contributed by atoms with Gasteiger partial charge in [-0.25, -0.2) is 9.82 Å². The van der Waals surface area contributed by atoms with E-state index in [1.165, 1.54) is 43.7 Å². The van der Waals surface area contributed by atoms with E-state index in [0.29, 0.717) is 16.9 Å². The molecule has 0 saturated heterocycles. The summed E-state index contributed by atoms with van der Waals surface area (Å²) in [5, 5.41) is 13.2. The number of hydrogen-bond donors (Lipinski definition) is 2. The van der Waals surface area contributed by atoms with Crippen LogP contribution < -0.4 is 10.2 Å². The van der Waals surface area contributed by atoms with Gasteiger partial charge in [0.1, 0.15) is 5.82 Å². The Hall–Kier alpha value is -2.89. The van der Waals surface area contributed by atoms with Crippen molar-refractivity contribution in [3.05, 3.63) is 59.4 Å². The van der Waals surface area contributed by atoms with Crippen molar-refractivity contribution in [2.75, 3.05) is 7.11 Å². The third-order valence-corrected chi connectivity index (χ3v) is 2.69. The van der Waals surface area contributed by atoms with Gasteiger partial charge in [0, 0.05) is 5.56 Å². The molecule has 0 heterocycles. The summed E-state index contributed by atoms with van der Waals surface area (Å²) in [6.07, 6.45) is 1.41. The van der Waals surface area contributed by atoms with Crippen LogP contribution >= 0.6 is 0 Å². The molecule has 21 heavy (non-hydrogen) atoms. The SMILES string of the molecule is COc1cc(/C=N\NC(=O)c2ccc(F)cc2)ccc1O. The highest BCUT2D eigenvalue weighted by molar-refractivity contribution is 5.94. The number of nitrogens with zero attached hydrogens (tertiary/aromatic N) is 1. The molecule has 108 valence electrons. The lowest BCUT2D eigenvalue weighted by Crippen LogP contribution is -2.17. The fourth-order valence-electron chi connectivity index (χ4n) is 1.61. The Labute approximate surface area is 120 Å². The Morgan fingerprint density at radius 2 is 2.00 bits per heavy atom. The van der Waals surface area contributed by atoms with Crippen LogP contribution in [0.25, 0.3) is 0 Å². The molecule has 1 amide bonds. The number of hydrazone groups is 1. The van der Waals surface area contributed by atoms with Crippen molar-refractivity contribution in [3.8, 4) is 11.5 Å². The molecular weight excluding hydrogens is 275 g/mol. The van der Waals surface area contributed by atoms with E-state index in [4.69, 9.17) is 4.74 Å². The molecule has 0 unspecified atom stereocenters. The smallest absolute Gasteiger partial charge is 0.271 e. The molecule has 0 atom stereocenters. The van der Waals surface area contributed by atoms with Crippen LogP contribution in [-0.4, -0.2) is 24.3 Å². The number of ether oxygens (including phenoxy) is 1. The number of methoxy groups -OCH3 is 1. The van der Waals surface area contributed by atoms with Gasteiger partial charge in [-0.15, -0.1) is 0 Å². The molecule has 0 aliphatic heterocycles. The van der Waals surface area contributed by atoms with Crippen LogP contribution in [0.5, 0.6) is 11.5 Å². The maximum atomic E-state index is 12.7. The van der Waals surface area contributed by atoms with Crippen LogP contribution in [0.2, 0.25) is 0 Å². The molecule has 0 radical (unpaired) electrons. The van der Waals surface area contributed by atoms with Gasteiger partial charge in [-0.1, -0.05) is 0 Å². The number of phenols is 1. The third-order valence-electron chi connectivity index (χ3n) is 2.69. The number of benzene rings is 2. The number of carbonyl (C=O) groups excluding carboxylic acids is 1. The highest BCUT2D eigenvalue weighted by atomic mass is 19.1. The van der Waals surface area contributed by atoms with Crippen LogP contribution in [0.3, 0.4) is 0 Å². The summed E-state index contributed by atoms with van der Waals surface area (Å²) >= 11 is 0. The number of nitrogens with one attached hydrogen (secondary N) is 1. The van der Waals surface area contributed by atoms with E-state index in [2.05, 4.69) is 10.5 Å². The fourth-order valence-corrected chi connectivity index (χ4v) is 1.61. The largest absolute Gasteiger partial charge is 0.504 e. The van der Waals surface area contributed by atoms with E-state index in [1.54, 1.807) is 12.1 Å². The predicted octanol–water partition coefficient (Wildman–Crippen LogP) is 2.30. The van der Waals surface area contributed by atoms with E-state index in [-0.39, 0.29) is 5.75 Å². The van der Waals surface area contributed by atoms with Crippen molar-refractivity contribution < 1.29 is 19.0 Å². The summed E-state index contributed by atoms with van der Waals surface area (Å²) in [6, 6.07) is 9.77. The van der Waals surface area contributed by atoms with Gasteiger partial charge >= 0.3 is 0 Å². The second kappa shape index (κ2) is 6.51. The summed E-state index contributed by atoms with van der Waals surface area (Å²) in [6.45, 7) is 0. The molecule has 0 saturated carbocycles. The molecule has 2 N–H and O–H groups in total. The van der Waals surface area contributed by atoms with E-state index < -0.39 is 11.7 Å². The maximum Gasteiger partial charge on any atom is 0.271 e. The predicted molar refractivity (Wildman–Crippen MR) is 76.1 cm³/mol. The van der Waals surface area contributed by atoms with Gasteiger partial charge in [0.15, 0.2) is 11.5 Å². The molecule has 2 aromatic rings. The summed E-state index contributed by atoms with van der Waals surface area (Å²) in [7, 11) is 1.44. The fraction of sp³-hybridized carbons (Fsp3) is 0.0667. The molecule has 0 aromatic heterocycles. The number of halogens is 1. The number of phenolic OH excluding ortho intramolecular Hbond substituents is 1. The average Bonchev–Trinajstić information content (AvgIpc) is 2.49. The average molecular weight is 288 g/mol. The van der Waals surface area contributed by atoms with Gasteiger partial charge in [0.25, 0.3) is 5.91 Å². The highest BCUT2D eigenvalue weighted by Gasteiger charge is 2.04. The first kappa shape index (κ1) is 14.5. The molecule has 0 aliphatic rings. The van der Waals surface area contributed by atoms with E-state index >= 15 is 0 Å². The highest BCUT2D eigenvalue weighted by Crippen LogP contribution is 2.25. The summed E-state index contributed by atoms with van der Waals surface area (Å²) < 4.78 is 17.7. The molecule has 0 bridgehead atoms. The molecule has 0 fully saturated rings. The standard InChI is InChI=1S/C15H13FN2O3/c1-21-14-8-10(2-7-13(14)19)9-17-18-15(20)11-3-5-12(16)6-4-11/h2-9,19H,1H3,(H,18,20)/b17-9-. The summed E-state index contributed by atoms with van der Waals surface area (Å²) in [5.74, 6) is -0.531. The van der Waals surface area contributed by atoms with Crippen LogP contribution in [0.1, 0.15) is 15.9 Å². The third kappa shape index (κ3) is 3.79. The van der Waals surface area contributed by atoms with Gasteiger partial charge in [0.2, 0.25) is 0 Å². The molecule has 2 rings (SSSR count). The van der Waals surface area contributed by atoms with Crippen molar-refractivity contribution in [3.63, 3.8) is 0 Å². The molecule has 2 aromatic carbocycles. The van der Waals surface area contributed by atoms with Crippen LogP contribution in [0, 0.1) is 5.82 Å². The minimum absolute atomic E-state index is 0.0185. The van der Waals surface area contributed by atoms with Gasteiger partial charge in [0.05, 0.1) is 13.3 Å². The van der Waals surface area contributed by atoms with Crippen molar-refractivity contribution in [2.24, 2.45) is 5.10 Å². The van der Waals surface area contributed by atoms with Crippen molar-refractivity contribution in [1.29, 1.82) is 0 Å². The zero-order chi connectivity index (χ0) is 15.2. The maximum absolute atomic E-state index is 12.7. The van der Waals surface area contributed by atoms with Crippen LogP contribution in [-0.2, 0) is 0 Å². The lowest BCUT2D eigenvalue weighted by molar-refractivity contribution is 0.0955. The topological polar surface area (TPSA) is 70.9 Å². The van der Waals surface area contributed by atoms with Gasteiger partial charge < -0.3 is 9.84 Å². The Morgan fingerprint density at radius 1 is 1.29 bits per heavy atom. The molecule has 0 spiro atoms. The minimum Gasteiger partial charge on any atom is -0.504 e. The monoisotopic (exact) mass is 288 g/mol. The first-order chi connectivity index (χ1) is 10.1. The second-order valence-corrected chi connectivity index (χ2v) is 4.14. The van der Waals surface area contributed by atoms with E-state index in [0.717, 1.165) is 0 Å². The second-order valence-electron chi connectivity index (χ2n) is 4.14. The number of rotatable bonds is 4. The summed E-state index contributed by atoms with van der Waals surface area (Å²) in [4.78, 5) is 11.7. The van der Waals surface area contributed by atoms with Crippen LogP contribution in [0.15, 0.2) is 47.6 Å². The number of aromatic hydroxyl groups is 1. The number of carbonyl (C=O) groups is 1. The van der Waals surface area contributed by atoms with E-state index in [9.17, 15) is 14.3 Å². The van der Waals surface area contributed by atoms with Crippen molar-refractivity contribution >= 4 is 12.1 Å². The lowest BCUT2D eigenvalue weighted by Gasteiger charge is -2.03. The quantitative estimate of drug-likeness (QED) is 0.670. The van der Waals surface area contributed by atoms with Gasteiger partial charge in [-0.2, -0.15) is 5.10 Å². The lowest BCUT2D eigenvalue weighted by atomic mass is 10.2. The first-order valence-corrected chi connectivity index (χ1v) is 6.06. The molecule has 0 aliphatic carbocycles. The number of hydrogen-bond acceptors (Lipinski definition) is 4. The summed E-state index contributed by atoms with van der Waals surface area (Å²) in [5.41, 5.74) is 3.27. The van der Waals surface area contributed by atoms with Gasteiger partial charge in [-0.3, -0.25) is 4.79 Å². The molecular formula is C15H13FN2O3. The van der Waals surface area contributed by atoms with Crippen LogP contribution in [0.4, 0.5) is 4.39 Å².